The lowest BCUT2D eigenvalue weighted by Gasteiger charge is -2.20. The number of aliphatic imine (C=N–C) groups is 1. The number of benzene rings is 2. The summed E-state index contributed by atoms with van der Waals surface area (Å²) in [7, 11) is 0. The summed E-state index contributed by atoms with van der Waals surface area (Å²) < 4.78 is 11.4. The molecule has 0 saturated heterocycles. The Kier molecular flexibility index (Phi) is 6.85. The Morgan fingerprint density at radius 2 is 1.97 bits per heavy atom. The van der Waals surface area contributed by atoms with Gasteiger partial charge in [-0.05, 0) is 60.2 Å². The number of hydrazone groups is 1. The van der Waals surface area contributed by atoms with Crippen LogP contribution in [0.5, 0.6) is 11.5 Å². The van der Waals surface area contributed by atoms with Crippen LogP contribution in [0.4, 0.5) is 0 Å². The van der Waals surface area contributed by atoms with E-state index in [0.29, 0.717) is 34.7 Å². The van der Waals surface area contributed by atoms with Crippen molar-refractivity contribution in [2.75, 3.05) is 13.2 Å². The molecule has 0 aliphatic carbocycles. The van der Waals surface area contributed by atoms with Gasteiger partial charge in [0.1, 0.15) is 29.8 Å². The van der Waals surface area contributed by atoms with E-state index in [0.717, 1.165) is 16.4 Å². The van der Waals surface area contributed by atoms with E-state index < -0.39 is 5.91 Å². The number of fused-ring (bicyclic) bond motifs is 1. The first-order valence-corrected chi connectivity index (χ1v) is 11.6. The predicted molar refractivity (Wildman–Crippen MR) is 133 cm³/mol. The van der Waals surface area contributed by atoms with Crippen LogP contribution in [0, 0.1) is 18.3 Å². The average molecular weight is 483 g/mol. The minimum absolute atomic E-state index is 0.00195. The van der Waals surface area contributed by atoms with Crippen molar-refractivity contribution in [3.8, 4) is 11.5 Å². The number of halogens is 1. The molecule has 170 valence electrons. The lowest BCUT2D eigenvalue weighted by Crippen LogP contribution is -2.35. The molecular formula is C24H23ClN4O3S. The zero-order valence-corrected chi connectivity index (χ0v) is 20.0. The quantitative estimate of drug-likeness (QED) is 0.422. The average Bonchev–Trinajstić information content (AvgIpc) is 3.20. The fourth-order valence-corrected chi connectivity index (χ4v) is 4.28. The predicted octanol–water partition coefficient (Wildman–Crippen LogP) is 5.38. The van der Waals surface area contributed by atoms with Gasteiger partial charge in [0, 0.05) is 5.92 Å². The monoisotopic (exact) mass is 482 g/mol. The first kappa shape index (κ1) is 23.1. The van der Waals surface area contributed by atoms with Crippen molar-refractivity contribution in [2.24, 2.45) is 16.0 Å². The Morgan fingerprint density at radius 1 is 1.18 bits per heavy atom. The molecule has 0 spiro atoms. The second-order valence-electron chi connectivity index (χ2n) is 7.82. The molecule has 1 N–H and O–H groups in total. The van der Waals surface area contributed by atoms with Crippen molar-refractivity contribution in [3.63, 3.8) is 0 Å². The summed E-state index contributed by atoms with van der Waals surface area (Å²) in [6, 6.07) is 13.0. The number of carbonyl (C=O) groups excluding carboxylic acids is 1. The molecule has 0 radical (unpaired) electrons. The molecular weight excluding hydrogens is 460 g/mol. The van der Waals surface area contributed by atoms with Crippen molar-refractivity contribution in [1.29, 1.82) is 5.41 Å². The van der Waals surface area contributed by atoms with Crippen LogP contribution in [0.3, 0.4) is 0 Å². The van der Waals surface area contributed by atoms with Crippen molar-refractivity contribution in [3.05, 3.63) is 64.2 Å². The third-order valence-electron chi connectivity index (χ3n) is 4.83. The molecule has 0 aromatic heterocycles. The number of thioether (sulfide) groups is 1. The van der Waals surface area contributed by atoms with E-state index in [1.54, 1.807) is 24.3 Å². The molecule has 2 aromatic carbocycles. The lowest BCUT2D eigenvalue weighted by molar-refractivity contribution is -0.114. The Bertz CT molecular complexity index is 1210. The lowest BCUT2D eigenvalue weighted by atomic mass is 10.1. The maximum atomic E-state index is 12.5. The summed E-state index contributed by atoms with van der Waals surface area (Å²) in [5.41, 5.74) is 1.95. The second-order valence-corrected chi connectivity index (χ2v) is 9.21. The number of amides is 1. The van der Waals surface area contributed by atoms with E-state index in [2.05, 4.69) is 10.1 Å². The molecule has 0 fully saturated rings. The highest BCUT2D eigenvalue weighted by Crippen LogP contribution is 2.32. The van der Waals surface area contributed by atoms with E-state index >= 15 is 0 Å². The van der Waals surface area contributed by atoms with Gasteiger partial charge >= 0.3 is 0 Å². The molecule has 2 heterocycles. The van der Waals surface area contributed by atoms with Gasteiger partial charge in [-0.15, -0.1) is 0 Å². The minimum Gasteiger partial charge on any atom is -0.490 e. The highest BCUT2D eigenvalue weighted by molar-refractivity contribution is 8.27. The van der Waals surface area contributed by atoms with E-state index in [-0.39, 0.29) is 17.3 Å². The summed E-state index contributed by atoms with van der Waals surface area (Å²) in [6.07, 6.45) is 1.59. The summed E-state index contributed by atoms with van der Waals surface area (Å²) in [5.74, 6) is 1.02. The third-order valence-corrected chi connectivity index (χ3v) is 6.33. The summed E-state index contributed by atoms with van der Waals surface area (Å²) in [4.78, 5) is 16.6. The van der Waals surface area contributed by atoms with Gasteiger partial charge in [-0.3, -0.25) is 10.2 Å². The molecule has 0 unspecified atom stereocenters. The van der Waals surface area contributed by atoms with Gasteiger partial charge in [0.05, 0.1) is 10.6 Å². The highest BCUT2D eigenvalue weighted by atomic mass is 35.5. The van der Waals surface area contributed by atoms with Crippen molar-refractivity contribution < 1.29 is 14.3 Å². The molecule has 0 atom stereocenters. The minimum atomic E-state index is -0.469. The highest BCUT2D eigenvalue weighted by Gasteiger charge is 2.36. The normalized spacial score (nSPS) is 16.8. The molecule has 2 aromatic rings. The van der Waals surface area contributed by atoms with Crippen molar-refractivity contribution in [2.45, 2.75) is 20.8 Å². The molecule has 9 heteroatoms. The largest absolute Gasteiger partial charge is 0.490 e. The van der Waals surface area contributed by atoms with Crippen LogP contribution in [0.25, 0.3) is 6.08 Å². The second kappa shape index (κ2) is 9.80. The van der Waals surface area contributed by atoms with Crippen LogP contribution >= 0.6 is 23.4 Å². The van der Waals surface area contributed by atoms with Crippen LogP contribution in [0.1, 0.15) is 25.0 Å². The van der Waals surface area contributed by atoms with Crippen LogP contribution in [-0.4, -0.2) is 40.2 Å². The van der Waals surface area contributed by atoms with Gasteiger partial charge < -0.3 is 9.47 Å². The van der Waals surface area contributed by atoms with Crippen LogP contribution < -0.4 is 9.47 Å². The Morgan fingerprint density at radius 3 is 2.70 bits per heavy atom. The van der Waals surface area contributed by atoms with Crippen LogP contribution in [0.15, 0.2) is 58.1 Å². The topological polar surface area (TPSA) is 87.3 Å². The van der Waals surface area contributed by atoms with E-state index in [9.17, 15) is 4.79 Å². The molecule has 2 aliphatic rings. The Balaban J connectivity index is 1.41. The number of amidine groups is 2. The van der Waals surface area contributed by atoms with Gasteiger partial charge in [-0.2, -0.15) is 15.1 Å². The van der Waals surface area contributed by atoms with Crippen molar-refractivity contribution >= 4 is 51.4 Å². The van der Waals surface area contributed by atoms with Gasteiger partial charge in [0.25, 0.3) is 5.91 Å². The molecule has 0 saturated carbocycles. The molecule has 7 nitrogen and oxygen atoms in total. The van der Waals surface area contributed by atoms with Gasteiger partial charge in [-0.1, -0.05) is 43.6 Å². The zero-order chi connectivity index (χ0) is 23.5. The molecule has 4 rings (SSSR count). The fraction of sp³-hybridized carbons (Fsp3) is 0.250. The van der Waals surface area contributed by atoms with E-state index in [4.69, 9.17) is 26.5 Å². The number of hydrogen-bond donors (Lipinski definition) is 1. The summed E-state index contributed by atoms with van der Waals surface area (Å²) >= 11 is 7.70. The smallest absolute Gasteiger partial charge is 0.283 e. The van der Waals surface area contributed by atoms with E-state index in [1.807, 2.05) is 45.0 Å². The number of nitrogens with one attached hydrogen (secondary N) is 1. The van der Waals surface area contributed by atoms with Gasteiger partial charge in [0.15, 0.2) is 5.84 Å². The summed E-state index contributed by atoms with van der Waals surface area (Å²) in [5, 5.41) is 15.9. The number of aryl methyl sites for hydroxylation is 1. The Labute approximate surface area is 201 Å². The number of ether oxygens (including phenoxy) is 2. The summed E-state index contributed by atoms with van der Waals surface area (Å²) in [6.45, 7) is 6.73. The SMILES string of the molecule is Cc1cccc(OCCOc2ccc(C=C3C(=N)N4N=C(C(C)C)SC4=NC3=O)cc2Cl)c1. The third kappa shape index (κ3) is 5.29. The number of nitrogens with zero attached hydrogens (tertiary/aromatic N) is 3. The van der Waals surface area contributed by atoms with Crippen LogP contribution in [-0.2, 0) is 4.79 Å². The molecule has 1 amide bonds. The molecule has 33 heavy (non-hydrogen) atoms. The van der Waals surface area contributed by atoms with Crippen molar-refractivity contribution in [1.82, 2.24) is 5.01 Å². The first-order chi connectivity index (χ1) is 15.8. The molecule has 2 aliphatic heterocycles. The van der Waals surface area contributed by atoms with Gasteiger partial charge in [-0.25, -0.2) is 0 Å². The maximum Gasteiger partial charge on any atom is 0.283 e. The maximum absolute atomic E-state index is 12.5. The number of rotatable bonds is 7. The zero-order valence-electron chi connectivity index (χ0n) is 18.5. The molecule has 0 bridgehead atoms. The van der Waals surface area contributed by atoms with Crippen LogP contribution in [0.2, 0.25) is 5.02 Å². The number of hydrogen-bond acceptors (Lipinski definition) is 6. The number of carbonyl (C=O) groups is 1. The first-order valence-electron chi connectivity index (χ1n) is 10.4. The fourth-order valence-electron chi connectivity index (χ4n) is 3.15. The Hall–Kier alpha value is -3.10. The standard InChI is InChI=1S/C24H23ClN4O3S/c1-14(2)23-28-29-21(26)18(22(30)27-24(29)33-23)12-16-7-8-20(19(25)13-16)32-10-9-31-17-6-4-5-15(3)11-17/h4-8,11-14,26H,9-10H2,1-3H3. The van der Waals surface area contributed by atoms with E-state index in [1.165, 1.54) is 16.8 Å². The van der Waals surface area contributed by atoms with Gasteiger partial charge in [0.2, 0.25) is 5.17 Å².